The van der Waals surface area contributed by atoms with Gasteiger partial charge in [-0.1, -0.05) is 48.5 Å². The van der Waals surface area contributed by atoms with E-state index in [-0.39, 0.29) is 41.8 Å². The number of likely N-dealkylation sites (tertiary alicyclic amines) is 1. The molecule has 2 aromatic rings. The molecule has 1 atom stereocenters. The van der Waals surface area contributed by atoms with Gasteiger partial charge < -0.3 is 10.2 Å². The van der Waals surface area contributed by atoms with Crippen molar-refractivity contribution in [1.29, 1.82) is 0 Å². The van der Waals surface area contributed by atoms with Crippen molar-refractivity contribution < 1.29 is 18.0 Å². The van der Waals surface area contributed by atoms with Crippen LogP contribution in [0.4, 0.5) is 5.69 Å². The van der Waals surface area contributed by atoms with Crippen LogP contribution in [0.5, 0.6) is 0 Å². The van der Waals surface area contributed by atoms with Crippen molar-refractivity contribution in [3.8, 4) is 0 Å². The summed E-state index contributed by atoms with van der Waals surface area (Å²) in [5, 5.41) is 2.97. The highest BCUT2D eigenvalue weighted by Gasteiger charge is 2.35. The van der Waals surface area contributed by atoms with Gasteiger partial charge in [-0.05, 0) is 50.0 Å². The SMILES string of the molecule is O=C(Nc1ccccc1)C1CCN(CC(=O)N(Cc2ccccc2)[C@H]2CCS(=O)(=O)C2)CC1. The van der Waals surface area contributed by atoms with Gasteiger partial charge in [0, 0.05) is 24.2 Å². The summed E-state index contributed by atoms with van der Waals surface area (Å²) in [7, 11) is -3.09. The Bertz CT molecular complexity index is 1050. The Hall–Kier alpha value is -2.71. The van der Waals surface area contributed by atoms with Crippen LogP contribution in [-0.2, 0) is 26.0 Å². The minimum absolute atomic E-state index is 0.0223. The van der Waals surface area contributed by atoms with E-state index in [9.17, 15) is 18.0 Å². The molecule has 2 amide bonds. The Balaban J connectivity index is 1.34. The van der Waals surface area contributed by atoms with E-state index < -0.39 is 9.84 Å². The van der Waals surface area contributed by atoms with E-state index in [1.165, 1.54) is 0 Å². The molecule has 2 fully saturated rings. The van der Waals surface area contributed by atoms with E-state index in [0.29, 0.717) is 38.9 Å². The second kappa shape index (κ2) is 10.5. The summed E-state index contributed by atoms with van der Waals surface area (Å²) in [6.45, 7) is 1.99. The second-order valence-electron chi connectivity index (χ2n) is 8.97. The van der Waals surface area contributed by atoms with Crippen LogP contribution in [0.2, 0.25) is 0 Å². The molecule has 0 aromatic heterocycles. The van der Waals surface area contributed by atoms with Gasteiger partial charge in [0.1, 0.15) is 0 Å². The largest absolute Gasteiger partial charge is 0.333 e. The van der Waals surface area contributed by atoms with Crippen LogP contribution in [0.3, 0.4) is 0 Å². The van der Waals surface area contributed by atoms with Gasteiger partial charge in [0.2, 0.25) is 11.8 Å². The van der Waals surface area contributed by atoms with Crippen LogP contribution in [-0.4, -0.2) is 67.2 Å². The number of carbonyl (C=O) groups excluding carboxylic acids is 2. The Labute approximate surface area is 195 Å². The molecule has 176 valence electrons. The third-order valence-electron chi connectivity index (χ3n) is 6.52. The first-order valence-corrected chi connectivity index (χ1v) is 13.3. The number of hydrogen-bond donors (Lipinski definition) is 1. The van der Waals surface area contributed by atoms with E-state index in [1.807, 2.05) is 60.7 Å². The number of amides is 2. The van der Waals surface area contributed by atoms with Gasteiger partial charge in [-0.15, -0.1) is 0 Å². The molecule has 0 saturated carbocycles. The number of piperidine rings is 1. The lowest BCUT2D eigenvalue weighted by atomic mass is 9.95. The van der Waals surface area contributed by atoms with Gasteiger partial charge in [-0.2, -0.15) is 0 Å². The third kappa shape index (κ3) is 6.42. The standard InChI is InChI=1S/C25H31N3O4S/c29-24(28(17-20-7-3-1-4-8-20)23-13-16-33(31,32)19-23)18-27-14-11-21(12-15-27)25(30)26-22-9-5-2-6-10-22/h1-10,21,23H,11-19H2,(H,26,30)/t23-/m0/s1. The number of sulfone groups is 1. The van der Waals surface area contributed by atoms with Crippen LogP contribution in [0.25, 0.3) is 0 Å². The minimum Gasteiger partial charge on any atom is -0.333 e. The van der Waals surface area contributed by atoms with Crippen molar-refractivity contribution in [2.24, 2.45) is 5.92 Å². The Morgan fingerprint density at radius 1 is 0.939 bits per heavy atom. The van der Waals surface area contributed by atoms with Crippen molar-refractivity contribution in [2.45, 2.75) is 31.8 Å². The predicted octanol–water partition coefficient (Wildman–Crippen LogP) is 2.55. The highest BCUT2D eigenvalue weighted by Crippen LogP contribution is 2.23. The fourth-order valence-corrected chi connectivity index (χ4v) is 6.35. The summed E-state index contributed by atoms with van der Waals surface area (Å²) in [6, 6.07) is 18.8. The molecule has 7 nitrogen and oxygen atoms in total. The topological polar surface area (TPSA) is 86.8 Å². The maximum atomic E-state index is 13.3. The third-order valence-corrected chi connectivity index (χ3v) is 8.27. The molecule has 2 aliphatic rings. The lowest BCUT2D eigenvalue weighted by Gasteiger charge is -2.34. The van der Waals surface area contributed by atoms with Crippen LogP contribution in [0.15, 0.2) is 60.7 Å². The Kier molecular flexibility index (Phi) is 7.45. The summed E-state index contributed by atoms with van der Waals surface area (Å²) >= 11 is 0. The summed E-state index contributed by atoms with van der Waals surface area (Å²) < 4.78 is 24.1. The molecule has 0 unspecified atom stereocenters. The van der Waals surface area contributed by atoms with Gasteiger partial charge in [0.25, 0.3) is 0 Å². The summed E-state index contributed by atoms with van der Waals surface area (Å²) in [6.07, 6.45) is 1.88. The maximum absolute atomic E-state index is 13.3. The zero-order valence-corrected chi connectivity index (χ0v) is 19.5. The van der Waals surface area contributed by atoms with Crippen molar-refractivity contribution in [3.05, 3.63) is 66.2 Å². The first kappa shape index (κ1) is 23.4. The van der Waals surface area contributed by atoms with Crippen LogP contribution in [0, 0.1) is 5.92 Å². The molecule has 1 N–H and O–H groups in total. The molecule has 0 spiro atoms. The molecular formula is C25H31N3O4S. The number of carbonyl (C=O) groups is 2. The molecule has 4 rings (SSSR count). The van der Waals surface area contributed by atoms with Crippen molar-refractivity contribution in [2.75, 3.05) is 36.5 Å². The zero-order valence-electron chi connectivity index (χ0n) is 18.7. The fourth-order valence-electron chi connectivity index (χ4n) is 4.62. The number of hydrogen-bond acceptors (Lipinski definition) is 5. The highest BCUT2D eigenvalue weighted by atomic mass is 32.2. The quantitative estimate of drug-likeness (QED) is 0.674. The molecule has 8 heteroatoms. The first-order valence-electron chi connectivity index (χ1n) is 11.5. The highest BCUT2D eigenvalue weighted by molar-refractivity contribution is 7.91. The van der Waals surface area contributed by atoms with Gasteiger partial charge in [0.05, 0.1) is 18.1 Å². The van der Waals surface area contributed by atoms with E-state index in [1.54, 1.807) is 4.90 Å². The molecule has 0 aliphatic carbocycles. The fraction of sp³-hybridized carbons (Fsp3) is 0.440. The van der Waals surface area contributed by atoms with E-state index in [4.69, 9.17) is 0 Å². The first-order chi connectivity index (χ1) is 15.9. The monoisotopic (exact) mass is 469 g/mol. The number of nitrogens with one attached hydrogen (secondary N) is 1. The van der Waals surface area contributed by atoms with Gasteiger partial charge in [-0.25, -0.2) is 8.42 Å². The lowest BCUT2D eigenvalue weighted by Crippen LogP contribution is -2.48. The van der Waals surface area contributed by atoms with Crippen LogP contribution >= 0.6 is 0 Å². The van der Waals surface area contributed by atoms with Gasteiger partial charge >= 0.3 is 0 Å². The molecule has 2 heterocycles. The van der Waals surface area contributed by atoms with E-state index in [2.05, 4.69) is 10.2 Å². The van der Waals surface area contributed by atoms with E-state index in [0.717, 1.165) is 11.3 Å². The predicted molar refractivity (Wildman–Crippen MR) is 128 cm³/mol. The minimum atomic E-state index is -3.09. The Morgan fingerprint density at radius 2 is 1.58 bits per heavy atom. The average Bonchev–Trinajstić information content (AvgIpc) is 3.18. The van der Waals surface area contributed by atoms with Crippen LogP contribution in [0.1, 0.15) is 24.8 Å². The molecule has 0 radical (unpaired) electrons. The Morgan fingerprint density at radius 3 is 2.18 bits per heavy atom. The molecule has 2 aliphatic heterocycles. The number of benzene rings is 2. The smallest absolute Gasteiger partial charge is 0.237 e. The van der Waals surface area contributed by atoms with Gasteiger partial charge in [0.15, 0.2) is 9.84 Å². The zero-order chi connectivity index (χ0) is 23.3. The molecule has 33 heavy (non-hydrogen) atoms. The van der Waals surface area contributed by atoms with Gasteiger partial charge in [-0.3, -0.25) is 14.5 Å². The number of nitrogens with zero attached hydrogens (tertiary/aromatic N) is 2. The van der Waals surface area contributed by atoms with Crippen molar-refractivity contribution >= 4 is 27.3 Å². The summed E-state index contributed by atoms with van der Waals surface area (Å²) in [4.78, 5) is 29.7. The summed E-state index contributed by atoms with van der Waals surface area (Å²) in [5.74, 6) is 0.0741. The van der Waals surface area contributed by atoms with Crippen LogP contribution < -0.4 is 5.32 Å². The number of anilines is 1. The van der Waals surface area contributed by atoms with Crippen molar-refractivity contribution in [1.82, 2.24) is 9.80 Å². The van der Waals surface area contributed by atoms with Crippen molar-refractivity contribution in [3.63, 3.8) is 0 Å². The summed E-state index contributed by atoms with van der Waals surface area (Å²) in [5.41, 5.74) is 1.79. The molecular weight excluding hydrogens is 438 g/mol. The molecule has 0 bridgehead atoms. The lowest BCUT2D eigenvalue weighted by molar-refractivity contribution is -0.135. The second-order valence-corrected chi connectivity index (χ2v) is 11.2. The molecule has 2 saturated heterocycles. The average molecular weight is 470 g/mol. The van der Waals surface area contributed by atoms with E-state index >= 15 is 0 Å². The molecule has 2 aromatic carbocycles. The normalized spacial score (nSPS) is 20.9. The maximum Gasteiger partial charge on any atom is 0.237 e. The number of rotatable bonds is 7. The number of para-hydroxylation sites is 1.